The van der Waals surface area contributed by atoms with Crippen LogP contribution in [0.25, 0.3) is 27.8 Å². The first-order valence-corrected chi connectivity index (χ1v) is 36.3. The van der Waals surface area contributed by atoms with Crippen LogP contribution < -0.4 is 40.8 Å². The minimum Gasteiger partial charge on any atom is -0.495 e. The van der Waals surface area contributed by atoms with Crippen molar-refractivity contribution in [3.8, 4) is 29.1 Å². The first kappa shape index (κ1) is 74.4. The molecule has 6 aromatic rings. The van der Waals surface area contributed by atoms with E-state index in [1.165, 1.54) is 36.9 Å². The van der Waals surface area contributed by atoms with Crippen LogP contribution >= 0.6 is 23.5 Å². The fourth-order valence-corrected chi connectivity index (χ4v) is 15.8. The molecule has 9 N–H and O–H groups in total. The molecule has 98 heavy (non-hydrogen) atoms. The lowest BCUT2D eigenvalue weighted by molar-refractivity contribution is -0.386. The number of aldehydes is 1. The maximum atomic E-state index is 13.2. The van der Waals surface area contributed by atoms with Crippen molar-refractivity contribution in [1.29, 1.82) is 0 Å². The maximum absolute atomic E-state index is 13.2. The van der Waals surface area contributed by atoms with Crippen LogP contribution in [-0.4, -0.2) is 126 Å². The van der Waals surface area contributed by atoms with Gasteiger partial charge in [-0.15, -0.1) is 0 Å². The summed E-state index contributed by atoms with van der Waals surface area (Å²) in [4.78, 5) is 94.1. The number of nitrogens with one attached hydrogen (secondary N) is 1. The van der Waals surface area contributed by atoms with Crippen molar-refractivity contribution in [3.05, 3.63) is 155 Å². The van der Waals surface area contributed by atoms with Crippen LogP contribution in [0.1, 0.15) is 143 Å². The number of likely N-dealkylation sites (N-methyl/N-ethyl adjacent to an activating group) is 2. The summed E-state index contributed by atoms with van der Waals surface area (Å²) in [5, 5.41) is 24.6. The molecule has 1 fully saturated rings. The van der Waals surface area contributed by atoms with Gasteiger partial charge in [0.25, 0.3) is 21.4 Å². The minimum atomic E-state index is -5.80. The van der Waals surface area contributed by atoms with E-state index >= 15 is 0 Å². The zero-order valence-corrected chi connectivity index (χ0v) is 58.8. The lowest BCUT2D eigenvalue weighted by Gasteiger charge is -2.41. The number of nitrogens with two attached hydrogens (primary N) is 1. The zero-order valence-electron chi connectivity index (χ0n) is 55.3. The van der Waals surface area contributed by atoms with Crippen molar-refractivity contribution in [2.75, 3.05) is 44.2 Å². The van der Waals surface area contributed by atoms with E-state index in [-0.39, 0.29) is 82.3 Å². The van der Waals surface area contributed by atoms with Crippen LogP contribution in [0, 0.1) is 27.4 Å². The number of aliphatic hydroxyl groups excluding tert-OH is 1. The largest absolute Gasteiger partial charge is 0.495 e. The topological polar surface area (TPSA) is 432 Å². The molecule has 0 bridgehead atoms. The number of allylic oxidation sites excluding steroid dienone is 1. The van der Waals surface area contributed by atoms with Gasteiger partial charge in [0, 0.05) is 97.2 Å². The van der Waals surface area contributed by atoms with Gasteiger partial charge in [-0.3, -0.25) is 38.6 Å². The van der Waals surface area contributed by atoms with Crippen molar-refractivity contribution in [2.24, 2.45) is 5.41 Å². The number of Topliss-reactive ketones (excluding diaryl/α,β-unsaturated/α-hetero) is 1. The molecular weight excluding hydrogens is 1360 g/mol. The van der Waals surface area contributed by atoms with Crippen LogP contribution in [-0.2, 0) is 57.8 Å². The number of benzene rings is 4. The molecule has 0 amide bonds. The van der Waals surface area contributed by atoms with Gasteiger partial charge in [0.1, 0.15) is 48.2 Å². The Morgan fingerprint density at radius 3 is 2.33 bits per heavy atom. The van der Waals surface area contributed by atoms with Crippen molar-refractivity contribution in [2.45, 2.75) is 124 Å². The predicted octanol–water partition coefficient (Wildman–Crippen LogP) is 7.91. The third-order valence-corrected chi connectivity index (χ3v) is 21.4. The van der Waals surface area contributed by atoms with Crippen LogP contribution in [0.4, 0.5) is 17.3 Å². The van der Waals surface area contributed by atoms with E-state index in [4.69, 9.17) is 34.5 Å². The molecule has 4 aromatic carbocycles. The van der Waals surface area contributed by atoms with Gasteiger partial charge in [0.05, 0.1) is 71.1 Å². The molecular formula is C64H75N7O23P3S+. The molecule has 3 unspecified atom stereocenters. The quantitative estimate of drug-likeness (QED) is 0.00683. The number of nitro groups is 1. The number of nitrogen functional groups attached to an aromatic ring is 1. The van der Waals surface area contributed by atoms with E-state index in [9.17, 15) is 66.1 Å². The molecule has 1 saturated heterocycles. The number of nitro benzene ring substituents is 1. The molecule has 6 atom stereocenters. The van der Waals surface area contributed by atoms with Crippen LogP contribution in [0.3, 0.4) is 0 Å². The van der Waals surface area contributed by atoms with Gasteiger partial charge in [-0.05, 0) is 74.1 Å². The van der Waals surface area contributed by atoms with E-state index in [2.05, 4.69) is 90.5 Å². The van der Waals surface area contributed by atoms with Crippen molar-refractivity contribution >= 4 is 90.7 Å². The first-order chi connectivity index (χ1) is 45.4. The highest BCUT2D eigenvalue weighted by Crippen LogP contribution is 2.66. The fourth-order valence-electron chi connectivity index (χ4n) is 12.1. The van der Waals surface area contributed by atoms with Gasteiger partial charge in [-0.1, -0.05) is 63.0 Å². The number of rotatable bonds is 20. The minimum absolute atomic E-state index is 0.0232. The number of nitrogens with zero attached hydrogens (tertiary/aromatic N) is 5. The standard InChI is InChI=1S/C34H34N2O5S.C30H40N5O18P3/c1-20-16-33(2,3)35(6)28-14-30-26(12-24(20)28)32(23-11-9-8-10-21(23)18-37)27-13-25-22(19-42(38,39)40)17-34(4,5)36(7)29(25)15-31(27)41-30;1-16(36)8-6-7-9-17-10-20(35(39)40)19(11-22(17)48-5)26(30(2,3)4)49-14-18-13-34(27-25(18)28(38)33-29(31)32-27)24-12-21(37)23(51-24)15-50-55(44,45)53-56(46,47)52-54(41,42)43/h8-18H,19H2,1-7H3;10-11,13,21,23-24,26,37H,6,8,12,14-15H2,1-5H3,(H,44,45)(H,46,47)(H2,41,42,43)(H3,31,32,33,38)/p+1/t;21?,23-,24-,26-/m.1/s1. The highest BCUT2D eigenvalue weighted by atomic mass is 32.2. The summed E-state index contributed by atoms with van der Waals surface area (Å²) in [6.45, 7) is 15.9. The summed E-state index contributed by atoms with van der Waals surface area (Å²) < 4.78 is 109. The average Bonchev–Trinajstić information content (AvgIpc) is 0.850. The number of anilines is 2. The number of phosphoric acid groups is 3. The maximum Gasteiger partial charge on any atom is 0.490 e. The number of hydrogen-bond donors (Lipinski definition) is 8. The Morgan fingerprint density at radius 1 is 1.00 bits per heavy atom. The number of carbonyl (C=O) groups is 2. The number of ether oxygens (including phenoxy) is 4. The molecule has 30 nitrogen and oxygen atoms in total. The molecule has 0 radical (unpaired) electrons. The molecule has 0 spiro atoms. The molecule has 34 heteroatoms. The Morgan fingerprint density at radius 2 is 1.69 bits per heavy atom. The smallest absolute Gasteiger partial charge is 0.490 e. The summed E-state index contributed by atoms with van der Waals surface area (Å²) in [5.41, 5.74) is 11.3. The van der Waals surface area contributed by atoms with Gasteiger partial charge >= 0.3 is 23.5 Å². The molecule has 0 saturated carbocycles. The molecule has 10 rings (SSSR count). The highest BCUT2D eigenvalue weighted by Gasteiger charge is 2.44. The monoisotopic (exact) mass is 1430 g/mol. The molecule has 0 aliphatic carbocycles. The Kier molecular flexibility index (Phi) is 21.0. The van der Waals surface area contributed by atoms with E-state index in [1.54, 1.807) is 26.8 Å². The molecule has 2 aromatic heterocycles. The van der Waals surface area contributed by atoms with Gasteiger partial charge in [0.2, 0.25) is 11.3 Å². The molecule has 4 aliphatic rings. The summed E-state index contributed by atoms with van der Waals surface area (Å²) in [6, 6.07) is 18.2. The number of ketones is 1. The molecule has 6 heterocycles. The SMILES string of the molecule is CC1=CC(C)(C)N(C)c2cc3c(cc21)C(c1ccccc1C=O)=c1cc2c(cc1O3)=[N+](C)C(C)(C)C=C2CS(=O)(=O)O.COc1cc([C@@H](OCc2cn([C@H]3CC(O)[C@@H](COP(=O)(O)OP(=O)(O)OP(=O)(O)O)O3)c3nc(N)[nH]c(=O)c23)C(C)(C)C)c([N+](=O)[O-])cc1C#CCCC(C)=O. The number of fused-ring (bicyclic) bond motifs is 5. The van der Waals surface area contributed by atoms with Gasteiger partial charge in [-0.25, -0.2) is 18.3 Å². The number of aromatic nitrogens is 3. The van der Waals surface area contributed by atoms with E-state index in [0.717, 1.165) is 50.4 Å². The Labute approximate surface area is 562 Å². The number of aliphatic hydroxyl groups is 1. The number of hydrogen-bond acceptors (Lipinski definition) is 21. The number of phosphoric ester groups is 1. The first-order valence-electron chi connectivity index (χ1n) is 30.2. The molecule has 524 valence electrons. The lowest BCUT2D eigenvalue weighted by atomic mass is 9.83. The van der Waals surface area contributed by atoms with Crippen molar-refractivity contribution in [1.82, 2.24) is 19.1 Å². The Hall–Kier alpha value is -7.85. The molecule has 4 aliphatic heterocycles. The average molecular weight is 1440 g/mol. The second-order valence-electron chi connectivity index (χ2n) is 26.0. The number of carbonyl (C=O) groups excluding carboxylic acids is 2. The van der Waals surface area contributed by atoms with Gasteiger partial charge in [-0.2, -0.15) is 22.0 Å². The van der Waals surface area contributed by atoms with E-state index < -0.39 is 91.9 Å². The van der Waals surface area contributed by atoms with Crippen molar-refractivity contribution < 1.29 is 98.0 Å². The number of H-pyrrole nitrogens is 1. The summed E-state index contributed by atoms with van der Waals surface area (Å²) in [5.74, 6) is 6.28. The zero-order chi connectivity index (χ0) is 72.3. The second kappa shape index (κ2) is 27.7. The Bertz CT molecular complexity index is 4890. The van der Waals surface area contributed by atoms with Crippen LogP contribution in [0.5, 0.6) is 17.2 Å². The lowest BCUT2D eigenvalue weighted by Crippen LogP contribution is -2.47. The number of methoxy groups -OCH3 is 1. The predicted molar refractivity (Wildman–Crippen MR) is 360 cm³/mol. The van der Waals surface area contributed by atoms with Crippen LogP contribution in [0.15, 0.2) is 83.8 Å². The second-order valence-corrected chi connectivity index (χ2v) is 31.9. The Balaban J connectivity index is 0.000000238. The van der Waals surface area contributed by atoms with Crippen LogP contribution in [0.2, 0.25) is 0 Å². The fraction of sp³-hybridized carbons (Fsp3) is 0.391. The van der Waals surface area contributed by atoms with Crippen molar-refractivity contribution in [3.63, 3.8) is 0 Å². The van der Waals surface area contributed by atoms with E-state index in [0.29, 0.717) is 28.2 Å². The van der Waals surface area contributed by atoms with Gasteiger partial charge in [0.15, 0.2) is 17.5 Å². The van der Waals surface area contributed by atoms with E-state index in [1.807, 2.05) is 57.3 Å². The number of aromatic amines is 1. The summed E-state index contributed by atoms with van der Waals surface area (Å²) in [7, 11) is -15.9. The summed E-state index contributed by atoms with van der Waals surface area (Å²) in [6.07, 6.45) is 1.63. The third kappa shape index (κ3) is 16.4. The third-order valence-electron chi connectivity index (χ3n) is 16.9. The highest BCUT2D eigenvalue weighted by molar-refractivity contribution is 7.86. The normalized spacial score (nSPS) is 19.3. The van der Waals surface area contributed by atoms with Gasteiger partial charge < -0.3 is 58.8 Å². The summed E-state index contributed by atoms with van der Waals surface area (Å²) >= 11 is 0.